The number of benzene rings is 1. The second kappa shape index (κ2) is 6.03. The van der Waals surface area contributed by atoms with Crippen molar-refractivity contribution in [2.75, 3.05) is 11.9 Å². The Bertz CT molecular complexity index is 349. The van der Waals surface area contributed by atoms with Crippen LogP contribution in [0.3, 0.4) is 0 Å². The Labute approximate surface area is 109 Å². The molecule has 1 atom stereocenters. The van der Waals surface area contributed by atoms with Gasteiger partial charge < -0.3 is 9.84 Å². The van der Waals surface area contributed by atoms with Crippen LogP contribution in [0.2, 0.25) is 5.02 Å². The molecule has 2 nitrogen and oxygen atoms in total. The molecule has 1 N–H and O–H groups in total. The molecule has 0 spiro atoms. The molecule has 0 aliphatic heterocycles. The third-order valence-corrected chi connectivity index (χ3v) is 3.24. The van der Waals surface area contributed by atoms with Crippen molar-refractivity contribution in [2.24, 2.45) is 0 Å². The van der Waals surface area contributed by atoms with E-state index in [9.17, 15) is 9.50 Å². The van der Waals surface area contributed by atoms with Gasteiger partial charge in [-0.25, -0.2) is 4.39 Å². The first-order valence-electron chi connectivity index (χ1n) is 4.06. The predicted molar refractivity (Wildman–Crippen MR) is 64.4 cm³/mol. The zero-order valence-corrected chi connectivity index (χ0v) is 11.4. The summed E-state index contributed by atoms with van der Waals surface area (Å²) < 4.78 is 18.8. The summed E-state index contributed by atoms with van der Waals surface area (Å²) in [5.74, 6) is -0.236. The lowest BCUT2D eigenvalue weighted by Crippen LogP contribution is -2.18. The molecule has 0 fully saturated rings. The minimum absolute atomic E-state index is 0.0234. The lowest BCUT2D eigenvalue weighted by atomic mass is 10.3. The molecule has 0 saturated heterocycles. The number of halogens is 4. The highest BCUT2D eigenvalue weighted by Gasteiger charge is 2.09. The van der Waals surface area contributed by atoms with E-state index in [4.69, 9.17) is 16.3 Å². The van der Waals surface area contributed by atoms with Gasteiger partial charge in [0.1, 0.15) is 18.2 Å². The fraction of sp³-hybridized carbons (Fsp3) is 0.333. The minimum Gasteiger partial charge on any atom is -0.490 e. The van der Waals surface area contributed by atoms with Crippen LogP contribution < -0.4 is 4.74 Å². The molecule has 0 amide bonds. The van der Waals surface area contributed by atoms with Crippen molar-refractivity contribution in [1.82, 2.24) is 0 Å². The van der Waals surface area contributed by atoms with Crippen LogP contribution >= 0.6 is 43.5 Å². The van der Waals surface area contributed by atoms with Crippen LogP contribution in [0.25, 0.3) is 0 Å². The first-order chi connectivity index (χ1) is 7.04. The summed E-state index contributed by atoms with van der Waals surface area (Å²) in [6.45, 7) is 0.0882. The van der Waals surface area contributed by atoms with E-state index in [2.05, 4.69) is 31.9 Å². The first kappa shape index (κ1) is 13.2. The van der Waals surface area contributed by atoms with Crippen molar-refractivity contribution in [2.45, 2.75) is 6.10 Å². The van der Waals surface area contributed by atoms with E-state index in [-0.39, 0.29) is 11.6 Å². The average molecular weight is 362 g/mol. The molecule has 1 aromatic rings. The maximum atomic E-state index is 13.1. The lowest BCUT2D eigenvalue weighted by molar-refractivity contribution is 0.126. The third-order valence-electron chi connectivity index (χ3n) is 1.58. The Morgan fingerprint density at radius 2 is 2.20 bits per heavy atom. The maximum Gasteiger partial charge on any atom is 0.145 e. The fourth-order valence-corrected chi connectivity index (χ4v) is 1.79. The van der Waals surface area contributed by atoms with Crippen LogP contribution in [0.15, 0.2) is 16.6 Å². The Morgan fingerprint density at radius 3 is 2.80 bits per heavy atom. The number of hydrogen-bond donors (Lipinski definition) is 1. The number of hydrogen-bond acceptors (Lipinski definition) is 2. The van der Waals surface area contributed by atoms with Gasteiger partial charge in [0.25, 0.3) is 0 Å². The highest BCUT2D eigenvalue weighted by Crippen LogP contribution is 2.30. The van der Waals surface area contributed by atoms with E-state index >= 15 is 0 Å². The number of aliphatic hydroxyl groups excluding tert-OH is 1. The monoisotopic (exact) mass is 360 g/mol. The zero-order chi connectivity index (χ0) is 11.4. The second-order valence-electron chi connectivity index (χ2n) is 2.82. The predicted octanol–water partition coefficient (Wildman–Crippen LogP) is 3.38. The van der Waals surface area contributed by atoms with E-state index in [1.807, 2.05) is 0 Å². The smallest absolute Gasteiger partial charge is 0.145 e. The van der Waals surface area contributed by atoms with E-state index < -0.39 is 11.9 Å². The Balaban J connectivity index is 2.73. The SMILES string of the molecule is OC(CBr)COc1cc(F)c(Cl)cc1Br. The van der Waals surface area contributed by atoms with Crippen LogP contribution in [-0.4, -0.2) is 23.1 Å². The summed E-state index contributed by atoms with van der Waals surface area (Å²) in [5, 5.41) is 9.65. The van der Waals surface area contributed by atoms with Crippen molar-refractivity contribution >= 4 is 43.5 Å². The molecule has 1 unspecified atom stereocenters. The molecule has 0 aliphatic carbocycles. The van der Waals surface area contributed by atoms with Gasteiger partial charge in [-0.3, -0.25) is 0 Å². The molecule has 0 aliphatic rings. The summed E-state index contributed by atoms with van der Waals surface area (Å²) in [5.41, 5.74) is 0. The largest absolute Gasteiger partial charge is 0.490 e. The van der Waals surface area contributed by atoms with Gasteiger partial charge in [0.15, 0.2) is 0 Å². The Morgan fingerprint density at radius 1 is 1.53 bits per heavy atom. The molecule has 1 rings (SSSR count). The quantitative estimate of drug-likeness (QED) is 0.657. The van der Waals surface area contributed by atoms with E-state index in [1.165, 1.54) is 12.1 Å². The molecule has 15 heavy (non-hydrogen) atoms. The summed E-state index contributed by atoms with van der Waals surface area (Å²) in [6, 6.07) is 2.58. The summed E-state index contributed by atoms with van der Waals surface area (Å²) in [4.78, 5) is 0. The van der Waals surface area contributed by atoms with Crippen molar-refractivity contribution in [1.29, 1.82) is 0 Å². The van der Waals surface area contributed by atoms with Crippen molar-refractivity contribution in [3.63, 3.8) is 0 Å². The summed E-state index contributed by atoms with van der Waals surface area (Å²) in [7, 11) is 0. The standard InChI is InChI=1S/C9H8Br2ClFO2/c10-3-5(14)4-15-9-2-8(13)7(12)1-6(9)11/h1-2,5,14H,3-4H2. The fourth-order valence-electron chi connectivity index (χ4n) is 0.845. The van der Waals surface area contributed by atoms with Crippen LogP contribution in [0.1, 0.15) is 0 Å². The van der Waals surface area contributed by atoms with E-state index in [0.717, 1.165) is 0 Å². The molecule has 6 heteroatoms. The topological polar surface area (TPSA) is 29.5 Å². The van der Waals surface area contributed by atoms with Crippen molar-refractivity contribution in [3.8, 4) is 5.75 Å². The molecule has 84 valence electrons. The van der Waals surface area contributed by atoms with Crippen LogP contribution in [-0.2, 0) is 0 Å². The van der Waals surface area contributed by atoms with Gasteiger partial charge in [-0.1, -0.05) is 27.5 Å². The van der Waals surface area contributed by atoms with Crippen molar-refractivity contribution in [3.05, 3.63) is 27.4 Å². The minimum atomic E-state index is -0.629. The lowest BCUT2D eigenvalue weighted by Gasteiger charge is -2.11. The van der Waals surface area contributed by atoms with Gasteiger partial charge in [0.2, 0.25) is 0 Å². The second-order valence-corrected chi connectivity index (χ2v) is 4.72. The van der Waals surface area contributed by atoms with Crippen LogP contribution in [0, 0.1) is 5.82 Å². The van der Waals surface area contributed by atoms with Gasteiger partial charge in [-0.05, 0) is 22.0 Å². The van der Waals surface area contributed by atoms with Gasteiger partial charge in [-0.2, -0.15) is 0 Å². The Kier molecular flexibility index (Phi) is 5.32. The average Bonchev–Trinajstić information content (AvgIpc) is 2.21. The molecule has 0 saturated carbocycles. The highest BCUT2D eigenvalue weighted by atomic mass is 79.9. The molecule has 0 aromatic heterocycles. The molecule has 0 radical (unpaired) electrons. The number of rotatable bonds is 4. The molecular formula is C9H8Br2ClFO2. The zero-order valence-electron chi connectivity index (χ0n) is 7.51. The van der Waals surface area contributed by atoms with E-state index in [1.54, 1.807) is 0 Å². The molecular weight excluding hydrogens is 354 g/mol. The molecule has 1 aromatic carbocycles. The van der Waals surface area contributed by atoms with Crippen molar-refractivity contribution < 1.29 is 14.2 Å². The summed E-state index contributed by atoms with van der Waals surface area (Å²) >= 11 is 11.8. The first-order valence-corrected chi connectivity index (χ1v) is 6.35. The number of aliphatic hydroxyl groups is 1. The molecule has 0 heterocycles. The van der Waals surface area contributed by atoms with E-state index in [0.29, 0.717) is 15.6 Å². The number of alkyl halides is 1. The van der Waals surface area contributed by atoms with Crippen LogP contribution in [0.4, 0.5) is 4.39 Å². The molecule has 0 bridgehead atoms. The number of ether oxygens (including phenoxy) is 1. The maximum absolute atomic E-state index is 13.1. The third kappa shape index (κ3) is 3.90. The highest BCUT2D eigenvalue weighted by molar-refractivity contribution is 9.10. The summed E-state index contributed by atoms with van der Waals surface area (Å²) in [6.07, 6.45) is -0.629. The van der Waals surface area contributed by atoms with Gasteiger partial charge >= 0.3 is 0 Å². The Hall–Kier alpha value is 0.160. The van der Waals surface area contributed by atoms with Gasteiger partial charge in [0, 0.05) is 11.4 Å². The van der Waals surface area contributed by atoms with Gasteiger partial charge in [-0.15, -0.1) is 0 Å². The van der Waals surface area contributed by atoms with Crippen LogP contribution in [0.5, 0.6) is 5.75 Å². The van der Waals surface area contributed by atoms with Gasteiger partial charge in [0.05, 0.1) is 15.6 Å². The normalized spacial score (nSPS) is 12.6.